The van der Waals surface area contributed by atoms with Gasteiger partial charge in [0.25, 0.3) is 0 Å². The molecule has 0 spiro atoms. The van der Waals surface area contributed by atoms with E-state index in [-0.39, 0.29) is 6.04 Å². The number of hydrogen-bond acceptors (Lipinski definition) is 3. The summed E-state index contributed by atoms with van der Waals surface area (Å²) in [6.45, 7) is 4.25. The van der Waals surface area contributed by atoms with Crippen LogP contribution in [0.4, 0.5) is 0 Å². The number of rotatable bonds is 5. The summed E-state index contributed by atoms with van der Waals surface area (Å²) in [7, 11) is 0. The van der Waals surface area contributed by atoms with Crippen LogP contribution in [-0.4, -0.2) is 14.8 Å². The Morgan fingerprint density at radius 1 is 1.08 bits per heavy atom. The smallest absolute Gasteiger partial charge is 0.103 e. The molecule has 124 valence electrons. The Morgan fingerprint density at radius 2 is 1.75 bits per heavy atom. The van der Waals surface area contributed by atoms with Crippen molar-refractivity contribution >= 4 is 35.0 Å². The monoisotopic (exact) mass is 377 g/mol. The van der Waals surface area contributed by atoms with E-state index in [1.165, 1.54) is 11.1 Å². The average Bonchev–Trinajstić information content (AvgIpc) is 2.90. The molecule has 3 aromatic rings. The fourth-order valence-electron chi connectivity index (χ4n) is 2.41. The first-order chi connectivity index (χ1) is 11.5. The van der Waals surface area contributed by atoms with Crippen LogP contribution in [-0.2, 0) is 6.42 Å². The maximum Gasteiger partial charge on any atom is 0.103 e. The molecule has 2 heterocycles. The van der Waals surface area contributed by atoms with Crippen LogP contribution in [0.3, 0.4) is 0 Å². The molecule has 0 aliphatic rings. The molecule has 0 N–H and O–H groups in total. The molecule has 0 unspecified atom stereocenters. The SMILES string of the molecule is CC(C)n1ncc(Cc2ccncc2)c1Sc1cc(Cl)cc(Cl)c1. The number of aromatic nitrogens is 3. The summed E-state index contributed by atoms with van der Waals surface area (Å²) < 4.78 is 2.04. The van der Waals surface area contributed by atoms with Gasteiger partial charge in [0.15, 0.2) is 0 Å². The summed E-state index contributed by atoms with van der Waals surface area (Å²) in [5, 5.41) is 6.95. The van der Waals surface area contributed by atoms with Crippen molar-refractivity contribution in [1.29, 1.82) is 0 Å². The van der Waals surface area contributed by atoms with E-state index < -0.39 is 0 Å². The van der Waals surface area contributed by atoms with Crippen LogP contribution in [0.2, 0.25) is 10.0 Å². The van der Waals surface area contributed by atoms with Crippen LogP contribution in [0.25, 0.3) is 0 Å². The van der Waals surface area contributed by atoms with Crippen molar-refractivity contribution in [3.05, 3.63) is 70.1 Å². The molecule has 24 heavy (non-hydrogen) atoms. The highest BCUT2D eigenvalue weighted by atomic mass is 35.5. The molecular weight excluding hydrogens is 361 g/mol. The topological polar surface area (TPSA) is 30.7 Å². The molecule has 0 bridgehead atoms. The van der Waals surface area contributed by atoms with E-state index in [2.05, 4.69) is 23.9 Å². The second kappa shape index (κ2) is 7.60. The van der Waals surface area contributed by atoms with Gasteiger partial charge in [-0.2, -0.15) is 5.10 Å². The normalized spacial score (nSPS) is 11.2. The summed E-state index contributed by atoms with van der Waals surface area (Å²) in [6.07, 6.45) is 6.37. The van der Waals surface area contributed by atoms with Crippen LogP contribution >= 0.6 is 35.0 Å². The third-order valence-corrected chi connectivity index (χ3v) is 5.05. The molecule has 1 aromatic carbocycles. The van der Waals surface area contributed by atoms with Gasteiger partial charge in [0, 0.05) is 45.4 Å². The Hall–Kier alpha value is -1.49. The van der Waals surface area contributed by atoms with E-state index in [1.807, 2.05) is 47.5 Å². The first-order valence-corrected chi connectivity index (χ1v) is 9.19. The first-order valence-electron chi connectivity index (χ1n) is 7.62. The zero-order valence-electron chi connectivity index (χ0n) is 13.4. The highest BCUT2D eigenvalue weighted by Crippen LogP contribution is 2.35. The largest absolute Gasteiger partial charge is 0.265 e. The number of benzene rings is 1. The third kappa shape index (κ3) is 4.12. The number of pyridine rings is 1. The Balaban J connectivity index is 1.96. The minimum atomic E-state index is 0.272. The van der Waals surface area contributed by atoms with Gasteiger partial charge in [-0.1, -0.05) is 35.0 Å². The average molecular weight is 378 g/mol. The van der Waals surface area contributed by atoms with Crippen molar-refractivity contribution in [2.45, 2.75) is 36.2 Å². The van der Waals surface area contributed by atoms with Gasteiger partial charge in [-0.3, -0.25) is 9.67 Å². The molecule has 0 amide bonds. The molecular formula is C18H17Cl2N3S. The van der Waals surface area contributed by atoms with Crippen LogP contribution in [0.1, 0.15) is 31.0 Å². The summed E-state index contributed by atoms with van der Waals surface area (Å²) in [6, 6.07) is 9.91. The van der Waals surface area contributed by atoms with Gasteiger partial charge >= 0.3 is 0 Å². The molecule has 3 rings (SSSR count). The summed E-state index contributed by atoms with van der Waals surface area (Å²) in [4.78, 5) is 5.08. The molecule has 3 nitrogen and oxygen atoms in total. The van der Waals surface area contributed by atoms with Crippen LogP contribution < -0.4 is 0 Å². The quantitative estimate of drug-likeness (QED) is 0.553. The van der Waals surface area contributed by atoms with E-state index in [0.717, 1.165) is 16.3 Å². The molecule has 0 fully saturated rings. The van der Waals surface area contributed by atoms with Gasteiger partial charge in [0.2, 0.25) is 0 Å². The van der Waals surface area contributed by atoms with Crippen LogP contribution in [0.15, 0.2) is 58.8 Å². The van der Waals surface area contributed by atoms with E-state index in [4.69, 9.17) is 23.2 Å². The molecule has 0 radical (unpaired) electrons. The van der Waals surface area contributed by atoms with E-state index in [0.29, 0.717) is 10.0 Å². The second-order valence-corrected chi connectivity index (χ2v) is 7.69. The molecule has 6 heteroatoms. The van der Waals surface area contributed by atoms with Crippen molar-refractivity contribution in [2.75, 3.05) is 0 Å². The second-order valence-electron chi connectivity index (χ2n) is 5.75. The maximum atomic E-state index is 6.14. The molecule has 0 saturated carbocycles. The van der Waals surface area contributed by atoms with Gasteiger partial charge < -0.3 is 0 Å². The van der Waals surface area contributed by atoms with Crippen molar-refractivity contribution in [3.63, 3.8) is 0 Å². The Bertz CT molecular complexity index is 811. The van der Waals surface area contributed by atoms with Crippen LogP contribution in [0.5, 0.6) is 0 Å². The Kier molecular flexibility index (Phi) is 5.49. The lowest BCUT2D eigenvalue weighted by Gasteiger charge is -2.13. The summed E-state index contributed by atoms with van der Waals surface area (Å²) in [5.74, 6) is 0. The molecule has 2 aromatic heterocycles. The molecule has 0 aliphatic carbocycles. The Morgan fingerprint density at radius 3 is 2.38 bits per heavy atom. The van der Waals surface area contributed by atoms with E-state index in [9.17, 15) is 0 Å². The van der Waals surface area contributed by atoms with Crippen molar-refractivity contribution in [2.24, 2.45) is 0 Å². The zero-order chi connectivity index (χ0) is 17.1. The minimum Gasteiger partial charge on any atom is -0.265 e. The van der Waals surface area contributed by atoms with Gasteiger partial charge in [-0.05, 0) is 49.7 Å². The fourth-order valence-corrected chi connectivity index (χ4v) is 4.27. The summed E-state index contributed by atoms with van der Waals surface area (Å²) >= 11 is 13.9. The highest BCUT2D eigenvalue weighted by Gasteiger charge is 2.15. The lowest BCUT2D eigenvalue weighted by Crippen LogP contribution is -2.04. The van der Waals surface area contributed by atoms with Crippen molar-refractivity contribution in [3.8, 4) is 0 Å². The lowest BCUT2D eigenvalue weighted by atomic mass is 10.1. The zero-order valence-corrected chi connectivity index (χ0v) is 15.7. The van der Waals surface area contributed by atoms with Crippen molar-refractivity contribution in [1.82, 2.24) is 14.8 Å². The molecule has 0 atom stereocenters. The number of halogens is 2. The van der Waals surface area contributed by atoms with E-state index in [1.54, 1.807) is 17.8 Å². The molecule has 0 saturated heterocycles. The molecule has 0 aliphatic heterocycles. The lowest BCUT2D eigenvalue weighted by molar-refractivity contribution is 0.491. The highest BCUT2D eigenvalue weighted by molar-refractivity contribution is 7.99. The predicted molar refractivity (Wildman–Crippen MR) is 100 cm³/mol. The number of nitrogens with zero attached hydrogens (tertiary/aromatic N) is 3. The van der Waals surface area contributed by atoms with Gasteiger partial charge in [-0.15, -0.1) is 0 Å². The predicted octanol–water partition coefficient (Wildman–Crippen LogP) is 5.91. The van der Waals surface area contributed by atoms with Crippen molar-refractivity contribution < 1.29 is 0 Å². The Labute approximate surface area is 156 Å². The maximum absolute atomic E-state index is 6.14. The third-order valence-electron chi connectivity index (χ3n) is 3.50. The van der Waals surface area contributed by atoms with Gasteiger partial charge in [-0.25, -0.2) is 0 Å². The van der Waals surface area contributed by atoms with Crippen LogP contribution in [0, 0.1) is 0 Å². The first kappa shape index (κ1) is 17.3. The van der Waals surface area contributed by atoms with Gasteiger partial charge in [0.1, 0.15) is 5.03 Å². The number of hydrogen-bond donors (Lipinski definition) is 0. The minimum absolute atomic E-state index is 0.272. The summed E-state index contributed by atoms with van der Waals surface area (Å²) in [5.41, 5.74) is 2.38. The van der Waals surface area contributed by atoms with Gasteiger partial charge in [0.05, 0.1) is 6.20 Å². The standard InChI is InChI=1S/C18H17Cl2N3S/c1-12(2)23-18(24-17-9-15(19)8-16(20)10-17)14(11-22-23)7-13-3-5-21-6-4-13/h3-6,8-12H,7H2,1-2H3. The van der Waals surface area contributed by atoms with E-state index >= 15 is 0 Å². The fraction of sp³-hybridized carbons (Fsp3) is 0.222.